The van der Waals surface area contributed by atoms with Gasteiger partial charge in [-0.25, -0.2) is 13.2 Å². The van der Waals surface area contributed by atoms with Crippen LogP contribution >= 0.6 is 0 Å². The van der Waals surface area contributed by atoms with Gasteiger partial charge in [-0.1, -0.05) is 44.2 Å². The molecule has 13 heteroatoms. The van der Waals surface area contributed by atoms with Gasteiger partial charge in [0, 0.05) is 25.6 Å². The molecule has 12 nitrogen and oxygen atoms in total. The summed E-state index contributed by atoms with van der Waals surface area (Å²) in [7, 11) is -1.68. The van der Waals surface area contributed by atoms with E-state index in [4.69, 9.17) is 0 Å². The number of rotatable bonds is 12. The van der Waals surface area contributed by atoms with E-state index in [1.54, 1.807) is 44.2 Å². The van der Waals surface area contributed by atoms with Gasteiger partial charge in [0.05, 0.1) is 16.9 Å². The lowest BCUT2D eigenvalue weighted by Gasteiger charge is -2.32. The highest BCUT2D eigenvalue weighted by Crippen LogP contribution is 2.19. The van der Waals surface area contributed by atoms with Crippen LogP contribution in [-0.2, 0) is 35.6 Å². The SMILES string of the molecule is COC(=O)[C@H](C)NC(=O)[C@@H](Cc1ccccc1)N(C)C(=O)[C@@H](NS(=O)(=O)c1ccc([N+](=O)[O-])cc1)C(C)C. The van der Waals surface area contributed by atoms with Gasteiger partial charge < -0.3 is 15.0 Å². The van der Waals surface area contributed by atoms with Crippen molar-refractivity contribution in [2.45, 2.75) is 50.2 Å². The summed E-state index contributed by atoms with van der Waals surface area (Å²) >= 11 is 0. The van der Waals surface area contributed by atoms with Crippen LogP contribution in [0.5, 0.6) is 0 Å². The number of nitrogens with one attached hydrogen (secondary N) is 2. The number of likely N-dealkylation sites (N-methyl/N-ethyl adjacent to an activating group) is 1. The molecule has 0 spiro atoms. The van der Waals surface area contributed by atoms with E-state index in [2.05, 4.69) is 14.8 Å². The van der Waals surface area contributed by atoms with E-state index in [0.29, 0.717) is 0 Å². The second-order valence-corrected chi connectivity index (χ2v) is 10.7. The van der Waals surface area contributed by atoms with Gasteiger partial charge in [0.15, 0.2) is 0 Å². The summed E-state index contributed by atoms with van der Waals surface area (Å²) in [6.45, 7) is 4.72. The third kappa shape index (κ3) is 7.83. The molecule has 0 bridgehead atoms. The zero-order chi connectivity index (χ0) is 28.6. The molecule has 0 saturated carbocycles. The number of methoxy groups -OCH3 is 1. The van der Waals surface area contributed by atoms with Crippen molar-refractivity contribution >= 4 is 33.5 Å². The molecule has 0 saturated heterocycles. The van der Waals surface area contributed by atoms with E-state index < -0.39 is 56.8 Å². The molecule has 0 fully saturated rings. The number of esters is 1. The molecule has 0 aromatic heterocycles. The number of hydrogen-bond donors (Lipinski definition) is 2. The van der Waals surface area contributed by atoms with Gasteiger partial charge in [0.1, 0.15) is 18.1 Å². The number of non-ortho nitro benzene ring substituents is 1. The minimum Gasteiger partial charge on any atom is -0.467 e. The van der Waals surface area contributed by atoms with Crippen molar-refractivity contribution in [3.63, 3.8) is 0 Å². The molecule has 0 aliphatic carbocycles. The Hall–Kier alpha value is -3.84. The standard InChI is InChI=1S/C25H32N4O8S/c1-16(2)22(27-38(35,36)20-13-11-19(12-14-20)29(33)34)24(31)28(4)21(15-18-9-7-6-8-10-18)23(30)26-17(3)25(32)37-5/h6-14,16-17,21-22,27H,15H2,1-5H3,(H,26,30)/t17-,21+,22-/m0/s1. The largest absolute Gasteiger partial charge is 0.467 e. The third-order valence-electron chi connectivity index (χ3n) is 5.88. The van der Waals surface area contributed by atoms with Crippen LogP contribution < -0.4 is 10.0 Å². The van der Waals surface area contributed by atoms with Gasteiger partial charge >= 0.3 is 5.97 Å². The smallest absolute Gasteiger partial charge is 0.328 e. The highest BCUT2D eigenvalue weighted by Gasteiger charge is 2.36. The fourth-order valence-corrected chi connectivity index (χ4v) is 4.95. The lowest BCUT2D eigenvalue weighted by atomic mass is 10.00. The molecule has 0 aliphatic heterocycles. The predicted octanol–water partition coefficient (Wildman–Crippen LogP) is 1.65. The van der Waals surface area contributed by atoms with Crippen LogP contribution in [0.2, 0.25) is 0 Å². The van der Waals surface area contributed by atoms with Crippen molar-refractivity contribution in [1.29, 1.82) is 0 Å². The summed E-state index contributed by atoms with van der Waals surface area (Å²) in [5.74, 6) is -2.48. The summed E-state index contributed by atoms with van der Waals surface area (Å²) in [6.07, 6.45) is 0.0999. The van der Waals surface area contributed by atoms with E-state index in [1.807, 2.05) is 0 Å². The molecule has 0 heterocycles. The predicted molar refractivity (Wildman–Crippen MR) is 138 cm³/mol. The molecule has 2 aromatic carbocycles. The zero-order valence-electron chi connectivity index (χ0n) is 21.8. The molecule has 2 rings (SSSR count). The van der Waals surface area contributed by atoms with Gasteiger partial charge in [0.2, 0.25) is 21.8 Å². The number of hydrogen-bond acceptors (Lipinski definition) is 8. The maximum atomic E-state index is 13.6. The maximum Gasteiger partial charge on any atom is 0.328 e. The highest BCUT2D eigenvalue weighted by atomic mass is 32.2. The number of carbonyl (C=O) groups excluding carboxylic acids is 3. The van der Waals surface area contributed by atoms with Gasteiger partial charge in [-0.3, -0.25) is 19.7 Å². The molecule has 0 aliphatic rings. The van der Waals surface area contributed by atoms with E-state index in [9.17, 15) is 32.9 Å². The molecule has 2 aromatic rings. The first kappa shape index (κ1) is 30.4. The quantitative estimate of drug-likeness (QED) is 0.230. The van der Waals surface area contributed by atoms with Crippen molar-refractivity contribution in [2.75, 3.05) is 14.2 Å². The number of nitrogens with zero attached hydrogens (tertiary/aromatic N) is 2. The van der Waals surface area contributed by atoms with Gasteiger partial charge in [-0.2, -0.15) is 4.72 Å². The molecule has 206 valence electrons. The van der Waals surface area contributed by atoms with Crippen LogP contribution in [0.4, 0.5) is 5.69 Å². The molecule has 38 heavy (non-hydrogen) atoms. The molecule has 2 amide bonds. The molecular formula is C25H32N4O8S. The lowest BCUT2D eigenvalue weighted by molar-refractivity contribution is -0.384. The number of nitro groups is 1. The Morgan fingerprint density at radius 2 is 1.61 bits per heavy atom. The molecular weight excluding hydrogens is 516 g/mol. The van der Waals surface area contributed by atoms with Crippen molar-refractivity contribution < 1.29 is 32.5 Å². The van der Waals surface area contributed by atoms with E-state index >= 15 is 0 Å². The Bertz CT molecular complexity index is 1250. The summed E-state index contributed by atoms with van der Waals surface area (Å²) in [4.78, 5) is 49.8. The fourth-order valence-electron chi connectivity index (χ4n) is 3.61. The van der Waals surface area contributed by atoms with Crippen LogP contribution in [0.3, 0.4) is 0 Å². The van der Waals surface area contributed by atoms with E-state index in [-0.39, 0.29) is 17.0 Å². The van der Waals surface area contributed by atoms with Gasteiger partial charge in [-0.15, -0.1) is 0 Å². The van der Waals surface area contributed by atoms with Crippen LogP contribution in [0.1, 0.15) is 26.3 Å². The average molecular weight is 549 g/mol. The van der Waals surface area contributed by atoms with E-state index in [0.717, 1.165) is 34.7 Å². The Morgan fingerprint density at radius 3 is 2.11 bits per heavy atom. The van der Waals surface area contributed by atoms with Crippen LogP contribution in [0.25, 0.3) is 0 Å². The Balaban J connectivity index is 2.35. The van der Waals surface area contributed by atoms with Gasteiger partial charge in [0.25, 0.3) is 5.69 Å². The number of benzene rings is 2. The number of nitro benzene ring substituents is 1. The second-order valence-electron chi connectivity index (χ2n) is 9.00. The second kappa shape index (κ2) is 13.1. The first-order valence-electron chi connectivity index (χ1n) is 11.7. The van der Waals surface area contributed by atoms with Crippen molar-refractivity contribution in [3.8, 4) is 0 Å². The van der Waals surface area contributed by atoms with Crippen LogP contribution in [0.15, 0.2) is 59.5 Å². The first-order chi connectivity index (χ1) is 17.8. The van der Waals surface area contributed by atoms with Crippen LogP contribution in [0, 0.1) is 16.0 Å². The number of sulfonamides is 1. The molecule has 0 unspecified atom stereocenters. The Labute approximate surface area is 221 Å². The van der Waals surface area contributed by atoms with Crippen molar-refractivity contribution in [1.82, 2.24) is 14.9 Å². The Morgan fingerprint density at radius 1 is 1.03 bits per heavy atom. The third-order valence-corrected chi connectivity index (χ3v) is 7.33. The average Bonchev–Trinajstić information content (AvgIpc) is 2.89. The fraction of sp³-hybridized carbons (Fsp3) is 0.400. The summed E-state index contributed by atoms with van der Waals surface area (Å²) in [5.41, 5.74) is 0.460. The maximum absolute atomic E-state index is 13.6. The normalized spacial score (nSPS) is 13.7. The number of amides is 2. The minimum absolute atomic E-state index is 0.0999. The summed E-state index contributed by atoms with van der Waals surface area (Å²) < 4.78 is 33.1. The molecule has 0 radical (unpaired) electrons. The number of ether oxygens (including phenoxy) is 1. The van der Waals surface area contributed by atoms with Crippen molar-refractivity contribution in [3.05, 3.63) is 70.3 Å². The van der Waals surface area contributed by atoms with Gasteiger partial charge in [-0.05, 0) is 30.5 Å². The Kier molecular flexibility index (Phi) is 10.5. The first-order valence-corrected chi connectivity index (χ1v) is 13.2. The highest BCUT2D eigenvalue weighted by molar-refractivity contribution is 7.89. The summed E-state index contributed by atoms with van der Waals surface area (Å²) in [5, 5.41) is 13.4. The van der Waals surface area contributed by atoms with Crippen LogP contribution in [-0.4, -0.2) is 68.3 Å². The van der Waals surface area contributed by atoms with Crippen molar-refractivity contribution in [2.24, 2.45) is 5.92 Å². The monoisotopic (exact) mass is 548 g/mol. The molecule has 3 atom stereocenters. The summed E-state index contributed by atoms with van der Waals surface area (Å²) in [6, 6.07) is 9.84. The topological polar surface area (TPSA) is 165 Å². The van der Waals surface area contributed by atoms with E-state index in [1.165, 1.54) is 21.1 Å². The lowest BCUT2D eigenvalue weighted by Crippen LogP contribution is -2.57. The zero-order valence-corrected chi connectivity index (χ0v) is 22.6. The number of carbonyl (C=O) groups is 3. The molecule has 2 N–H and O–H groups in total. The minimum atomic E-state index is -4.25.